The Hall–Kier alpha value is -0.860. The summed E-state index contributed by atoms with van der Waals surface area (Å²) in [6.45, 7) is 8.24. The SMILES string of the molecule is CC1CN(CCCc2ccccc2)C(C)CCN1. The van der Waals surface area contributed by atoms with Gasteiger partial charge in [0.2, 0.25) is 0 Å². The molecule has 1 heterocycles. The molecule has 0 bridgehead atoms. The fraction of sp³-hybridized carbons (Fsp3) is 0.625. The maximum atomic E-state index is 3.57. The van der Waals surface area contributed by atoms with Crippen LogP contribution in [0, 0.1) is 0 Å². The Morgan fingerprint density at radius 2 is 2.00 bits per heavy atom. The van der Waals surface area contributed by atoms with Crippen molar-refractivity contribution in [3.63, 3.8) is 0 Å². The zero-order valence-electron chi connectivity index (χ0n) is 11.7. The zero-order valence-corrected chi connectivity index (χ0v) is 11.7. The van der Waals surface area contributed by atoms with Crippen molar-refractivity contribution >= 4 is 0 Å². The van der Waals surface area contributed by atoms with E-state index in [0.717, 1.165) is 12.6 Å². The first-order valence-corrected chi connectivity index (χ1v) is 7.27. The van der Waals surface area contributed by atoms with E-state index in [0.29, 0.717) is 6.04 Å². The van der Waals surface area contributed by atoms with Gasteiger partial charge in [0.15, 0.2) is 0 Å². The summed E-state index contributed by atoms with van der Waals surface area (Å²) in [6.07, 6.45) is 3.74. The van der Waals surface area contributed by atoms with Gasteiger partial charge in [0.05, 0.1) is 0 Å². The monoisotopic (exact) mass is 246 g/mol. The Labute approximate surface area is 111 Å². The molecule has 100 valence electrons. The van der Waals surface area contributed by atoms with Crippen molar-refractivity contribution in [3.8, 4) is 0 Å². The van der Waals surface area contributed by atoms with Gasteiger partial charge in [0.25, 0.3) is 0 Å². The van der Waals surface area contributed by atoms with E-state index < -0.39 is 0 Å². The lowest BCUT2D eigenvalue weighted by Gasteiger charge is -2.28. The minimum atomic E-state index is 0.631. The average Bonchev–Trinajstić information content (AvgIpc) is 2.53. The van der Waals surface area contributed by atoms with Gasteiger partial charge in [0.1, 0.15) is 0 Å². The lowest BCUT2D eigenvalue weighted by Crippen LogP contribution is -2.39. The van der Waals surface area contributed by atoms with Gasteiger partial charge in [-0.2, -0.15) is 0 Å². The van der Waals surface area contributed by atoms with Crippen molar-refractivity contribution in [2.45, 2.75) is 45.2 Å². The lowest BCUT2D eigenvalue weighted by molar-refractivity contribution is 0.205. The third kappa shape index (κ3) is 4.11. The zero-order chi connectivity index (χ0) is 12.8. The van der Waals surface area contributed by atoms with Crippen molar-refractivity contribution in [3.05, 3.63) is 35.9 Å². The van der Waals surface area contributed by atoms with E-state index in [4.69, 9.17) is 0 Å². The Morgan fingerprint density at radius 3 is 2.78 bits per heavy atom. The van der Waals surface area contributed by atoms with Crippen LogP contribution in [0.25, 0.3) is 0 Å². The molecule has 0 aliphatic carbocycles. The molecule has 18 heavy (non-hydrogen) atoms. The second kappa shape index (κ2) is 6.91. The Kier molecular flexibility index (Phi) is 5.21. The summed E-state index contributed by atoms with van der Waals surface area (Å²) in [4.78, 5) is 2.65. The topological polar surface area (TPSA) is 15.3 Å². The first-order chi connectivity index (χ1) is 8.75. The van der Waals surface area contributed by atoms with Gasteiger partial charge < -0.3 is 5.32 Å². The van der Waals surface area contributed by atoms with Gasteiger partial charge in [-0.1, -0.05) is 30.3 Å². The van der Waals surface area contributed by atoms with Crippen molar-refractivity contribution in [1.82, 2.24) is 10.2 Å². The summed E-state index contributed by atoms with van der Waals surface area (Å²) >= 11 is 0. The van der Waals surface area contributed by atoms with Crippen LogP contribution in [0.3, 0.4) is 0 Å². The molecule has 1 aliphatic heterocycles. The average molecular weight is 246 g/mol. The van der Waals surface area contributed by atoms with E-state index >= 15 is 0 Å². The van der Waals surface area contributed by atoms with E-state index in [2.05, 4.69) is 54.4 Å². The van der Waals surface area contributed by atoms with E-state index in [1.165, 1.54) is 37.9 Å². The van der Waals surface area contributed by atoms with Crippen LogP contribution in [0.5, 0.6) is 0 Å². The molecule has 2 unspecified atom stereocenters. The molecule has 0 spiro atoms. The standard InChI is InChI=1S/C16H26N2/c1-14-13-18(15(2)10-11-17-14)12-6-9-16-7-4-3-5-8-16/h3-5,7-8,14-15,17H,6,9-13H2,1-2H3. The summed E-state index contributed by atoms with van der Waals surface area (Å²) in [5.41, 5.74) is 1.46. The molecule has 0 radical (unpaired) electrons. The Bertz CT molecular complexity index is 336. The molecule has 0 amide bonds. The maximum Gasteiger partial charge on any atom is 0.0166 e. The predicted octanol–water partition coefficient (Wildman–Crippen LogP) is 2.69. The Balaban J connectivity index is 1.78. The van der Waals surface area contributed by atoms with Crippen molar-refractivity contribution in [2.75, 3.05) is 19.6 Å². The largest absolute Gasteiger partial charge is 0.313 e. The number of rotatable bonds is 4. The van der Waals surface area contributed by atoms with E-state index in [-0.39, 0.29) is 0 Å². The third-order valence-electron chi connectivity index (χ3n) is 3.94. The summed E-state index contributed by atoms with van der Waals surface area (Å²) in [5.74, 6) is 0. The highest BCUT2D eigenvalue weighted by Gasteiger charge is 2.19. The molecule has 0 saturated carbocycles. The first kappa shape index (κ1) is 13.6. The van der Waals surface area contributed by atoms with Crippen LogP contribution in [0.2, 0.25) is 0 Å². The first-order valence-electron chi connectivity index (χ1n) is 7.27. The van der Waals surface area contributed by atoms with Crippen molar-refractivity contribution in [1.29, 1.82) is 0 Å². The molecule has 2 heteroatoms. The van der Waals surface area contributed by atoms with Gasteiger partial charge in [-0.15, -0.1) is 0 Å². The smallest absolute Gasteiger partial charge is 0.0166 e. The predicted molar refractivity (Wildman–Crippen MR) is 77.9 cm³/mol. The molecule has 1 aliphatic rings. The quantitative estimate of drug-likeness (QED) is 0.878. The van der Waals surface area contributed by atoms with Gasteiger partial charge in [0, 0.05) is 18.6 Å². The molecule has 2 nitrogen and oxygen atoms in total. The number of hydrogen-bond donors (Lipinski definition) is 1. The molecule has 1 fully saturated rings. The van der Waals surface area contributed by atoms with Crippen LogP contribution in [-0.2, 0) is 6.42 Å². The molecule has 1 aromatic carbocycles. The fourth-order valence-corrected chi connectivity index (χ4v) is 2.76. The van der Waals surface area contributed by atoms with Gasteiger partial charge in [-0.05, 0) is 51.8 Å². The molecule has 1 aromatic rings. The molecule has 2 rings (SSSR count). The number of nitrogens with one attached hydrogen (secondary N) is 1. The van der Waals surface area contributed by atoms with E-state index in [1.54, 1.807) is 0 Å². The summed E-state index contributed by atoms with van der Waals surface area (Å²) in [7, 11) is 0. The minimum Gasteiger partial charge on any atom is -0.313 e. The van der Waals surface area contributed by atoms with E-state index in [1.807, 2.05) is 0 Å². The molecule has 1 N–H and O–H groups in total. The molecular formula is C16H26N2. The van der Waals surface area contributed by atoms with E-state index in [9.17, 15) is 0 Å². The number of hydrogen-bond acceptors (Lipinski definition) is 2. The molecule has 0 aromatic heterocycles. The van der Waals surface area contributed by atoms with Crippen LogP contribution in [0.15, 0.2) is 30.3 Å². The highest BCUT2D eigenvalue weighted by atomic mass is 15.2. The van der Waals surface area contributed by atoms with Crippen molar-refractivity contribution in [2.24, 2.45) is 0 Å². The number of nitrogens with zero attached hydrogens (tertiary/aromatic N) is 1. The third-order valence-corrected chi connectivity index (χ3v) is 3.94. The minimum absolute atomic E-state index is 0.631. The Morgan fingerprint density at radius 1 is 1.22 bits per heavy atom. The summed E-state index contributed by atoms with van der Waals surface area (Å²) in [5, 5.41) is 3.57. The second-order valence-corrected chi connectivity index (χ2v) is 5.58. The highest BCUT2D eigenvalue weighted by Crippen LogP contribution is 2.11. The fourth-order valence-electron chi connectivity index (χ4n) is 2.76. The maximum absolute atomic E-state index is 3.57. The lowest BCUT2D eigenvalue weighted by atomic mass is 10.1. The second-order valence-electron chi connectivity index (χ2n) is 5.58. The number of benzene rings is 1. The normalized spacial score (nSPS) is 25.9. The molecule has 2 atom stereocenters. The van der Waals surface area contributed by atoms with Crippen LogP contribution < -0.4 is 5.32 Å². The van der Waals surface area contributed by atoms with Crippen LogP contribution in [0.4, 0.5) is 0 Å². The van der Waals surface area contributed by atoms with Gasteiger partial charge >= 0.3 is 0 Å². The summed E-state index contributed by atoms with van der Waals surface area (Å²) in [6, 6.07) is 12.2. The van der Waals surface area contributed by atoms with Crippen molar-refractivity contribution < 1.29 is 0 Å². The van der Waals surface area contributed by atoms with Gasteiger partial charge in [-0.3, -0.25) is 4.90 Å². The summed E-state index contributed by atoms with van der Waals surface area (Å²) < 4.78 is 0. The van der Waals surface area contributed by atoms with Crippen LogP contribution in [-0.4, -0.2) is 36.6 Å². The molecule has 1 saturated heterocycles. The molecular weight excluding hydrogens is 220 g/mol. The number of aryl methyl sites for hydroxylation is 1. The van der Waals surface area contributed by atoms with Crippen LogP contribution in [0.1, 0.15) is 32.3 Å². The highest BCUT2D eigenvalue weighted by molar-refractivity contribution is 5.14. The van der Waals surface area contributed by atoms with Crippen LogP contribution >= 0.6 is 0 Å². The van der Waals surface area contributed by atoms with Gasteiger partial charge in [-0.25, -0.2) is 0 Å².